The van der Waals surface area contributed by atoms with Crippen LogP contribution in [0.2, 0.25) is 0 Å². The summed E-state index contributed by atoms with van der Waals surface area (Å²) in [6, 6.07) is 6.67. The van der Waals surface area contributed by atoms with Crippen LogP contribution in [-0.4, -0.2) is 46.4 Å². The van der Waals surface area contributed by atoms with Gasteiger partial charge in [0.25, 0.3) is 5.91 Å². The first-order valence-corrected chi connectivity index (χ1v) is 8.42. The fourth-order valence-corrected chi connectivity index (χ4v) is 3.06. The number of hydrogen-bond acceptors (Lipinski definition) is 3. The minimum absolute atomic E-state index is 0.00215. The number of H-pyrrole nitrogens is 1. The highest BCUT2D eigenvalue weighted by atomic mass is 16.2. The molecule has 1 aliphatic heterocycles. The van der Waals surface area contributed by atoms with Gasteiger partial charge in [-0.3, -0.25) is 14.5 Å². The van der Waals surface area contributed by atoms with Crippen molar-refractivity contribution >= 4 is 28.7 Å². The molecule has 0 saturated carbocycles. The Morgan fingerprint density at radius 1 is 1.28 bits per heavy atom. The molecule has 4 amide bonds. The first-order chi connectivity index (χ1) is 12.0. The Morgan fingerprint density at radius 2 is 2.04 bits per heavy atom. The van der Waals surface area contributed by atoms with E-state index in [0.717, 1.165) is 16.5 Å². The molecule has 2 heterocycles. The lowest BCUT2D eigenvalue weighted by atomic mass is 10.1. The van der Waals surface area contributed by atoms with Gasteiger partial charge in [-0.25, -0.2) is 4.79 Å². The molecule has 25 heavy (non-hydrogen) atoms. The van der Waals surface area contributed by atoms with Crippen molar-refractivity contribution in [1.82, 2.24) is 20.5 Å². The lowest BCUT2D eigenvalue weighted by Crippen LogP contribution is -2.38. The molecular formula is C18H22N4O3. The molecular weight excluding hydrogens is 320 g/mol. The summed E-state index contributed by atoms with van der Waals surface area (Å²) in [5.74, 6) is -0.587. The van der Waals surface area contributed by atoms with Gasteiger partial charge in [-0.1, -0.05) is 18.2 Å². The summed E-state index contributed by atoms with van der Waals surface area (Å²) in [5.41, 5.74) is 2.08. The van der Waals surface area contributed by atoms with Crippen LogP contribution in [0, 0.1) is 0 Å². The van der Waals surface area contributed by atoms with Crippen molar-refractivity contribution in [3.63, 3.8) is 0 Å². The molecule has 2 aromatic rings. The molecule has 0 bridgehead atoms. The van der Waals surface area contributed by atoms with Crippen LogP contribution < -0.4 is 10.6 Å². The van der Waals surface area contributed by atoms with Gasteiger partial charge in [0.15, 0.2) is 0 Å². The topological polar surface area (TPSA) is 94.3 Å². The summed E-state index contributed by atoms with van der Waals surface area (Å²) in [6.07, 6.45) is 2.43. The number of hydrogen-bond donors (Lipinski definition) is 3. The van der Waals surface area contributed by atoms with Gasteiger partial charge in [-0.15, -0.1) is 0 Å². The van der Waals surface area contributed by atoms with Gasteiger partial charge in [-0.2, -0.15) is 0 Å². The molecule has 1 aromatic heterocycles. The highest BCUT2D eigenvalue weighted by Crippen LogP contribution is 2.19. The molecule has 3 rings (SSSR count). The van der Waals surface area contributed by atoms with E-state index in [1.165, 1.54) is 4.90 Å². The summed E-state index contributed by atoms with van der Waals surface area (Å²) >= 11 is 0. The normalized spacial score (nSPS) is 17.4. The average molecular weight is 342 g/mol. The van der Waals surface area contributed by atoms with E-state index in [0.29, 0.717) is 6.42 Å². The number of para-hydroxylation sites is 1. The number of nitrogens with one attached hydrogen (secondary N) is 3. The Bertz CT molecular complexity index is 812. The van der Waals surface area contributed by atoms with Crippen molar-refractivity contribution in [3.05, 3.63) is 36.0 Å². The Labute approximate surface area is 145 Å². The van der Waals surface area contributed by atoms with Crippen molar-refractivity contribution in [2.24, 2.45) is 0 Å². The van der Waals surface area contributed by atoms with Gasteiger partial charge in [-0.05, 0) is 31.9 Å². The maximum atomic E-state index is 12.4. The summed E-state index contributed by atoms with van der Waals surface area (Å²) in [7, 11) is 0. The third-order valence-corrected chi connectivity index (χ3v) is 4.23. The molecule has 0 radical (unpaired) electrons. The monoisotopic (exact) mass is 342 g/mol. The van der Waals surface area contributed by atoms with Crippen LogP contribution in [-0.2, 0) is 16.0 Å². The standard InChI is InChI=1S/C18H22N4O3/c1-11(2)20-16(23)9-15-17(24)22(18(25)21-15)8-7-12-10-19-14-6-4-3-5-13(12)14/h3-6,10-11,15,19H,7-9H2,1-2H3,(H,20,23)(H,21,25). The predicted octanol–water partition coefficient (Wildman–Crippen LogP) is 1.55. The lowest BCUT2D eigenvalue weighted by molar-refractivity contribution is -0.131. The Morgan fingerprint density at radius 3 is 2.80 bits per heavy atom. The average Bonchev–Trinajstić information content (AvgIpc) is 3.07. The number of imide groups is 1. The molecule has 1 unspecified atom stereocenters. The first-order valence-electron chi connectivity index (χ1n) is 8.42. The van der Waals surface area contributed by atoms with E-state index in [2.05, 4.69) is 15.6 Å². The largest absolute Gasteiger partial charge is 0.361 e. The number of carbonyl (C=O) groups excluding carboxylic acids is 3. The van der Waals surface area contributed by atoms with Crippen LogP contribution in [0.15, 0.2) is 30.5 Å². The zero-order valence-electron chi connectivity index (χ0n) is 14.3. The van der Waals surface area contributed by atoms with Crippen LogP contribution in [0.5, 0.6) is 0 Å². The Balaban J connectivity index is 1.62. The summed E-state index contributed by atoms with van der Waals surface area (Å²) in [4.78, 5) is 40.7. The third kappa shape index (κ3) is 3.65. The van der Waals surface area contributed by atoms with Crippen LogP contribution in [0.25, 0.3) is 10.9 Å². The molecule has 7 nitrogen and oxygen atoms in total. The molecule has 1 aromatic carbocycles. The lowest BCUT2D eigenvalue weighted by Gasteiger charge is -2.13. The quantitative estimate of drug-likeness (QED) is 0.695. The zero-order valence-corrected chi connectivity index (χ0v) is 14.3. The van der Waals surface area contributed by atoms with Crippen molar-refractivity contribution in [3.8, 4) is 0 Å². The molecule has 7 heteroatoms. The highest BCUT2D eigenvalue weighted by molar-refractivity contribution is 6.05. The number of rotatable bonds is 6. The fourth-order valence-electron chi connectivity index (χ4n) is 3.06. The Kier molecular flexibility index (Phi) is 4.74. The molecule has 1 atom stereocenters. The number of fused-ring (bicyclic) bond motifs is 1. The summed E-state index contributed by atoms with van der Waals surface area (Å²) in [6.45, 7) is 3.98. The Hall–Kier alpha value is -2.83. The summed E-state index contributed by atoms with van der Waals surface area (Å²) in [5, 5.41) is 6.41. The second kappa shape index (κ2) is 6.96. The second-order valence-electron chi connectivity index (χ2n) is 6.53. The molecule has 1 aliphatic rings. The number of carbonyl (C=O) groups is 3. The summed E-state index contributed by atoms with van der Waals surface area (Å²) < 4.78 is 0. The van der Waals surface area contributed by atoms with E-state index in [1.807, 2.05) is 44.3 Å². The highest BCUT2D eigenvalue weighted by Gasteiger charge is 2.38. The van der Waals surface area contributed by atoms with E-state index in [9.17, 15) is 14.4 Å². The van der Waals surface area contributed by atoms with Gasteiger partial charge in [0.05, 0.1) is 6.42 Å². The third-order valence-electron chi connectivity index (χ3n) is 4.23. The number of amides is 4. The van der Waals surface area contributed by atoms with Gasteiger partial charge in [0.1, 0.15) is 6.04 Å². The number of benzene rings is 1. The predicted molar refractivity (Wildman–Crippen MR) is 93.9 cm³/mol. The van der Waals surface area contributed by atoms with Crippen LogP contribution in [0.4, 0.5) is 4.79 Å². The van der Waals surface area contributed by atoms with Gasteiger partial charge < -0.3 is 15.6 Å². The number of aromatic nitrogens is 1. The van der Waals surface area contributed by atoms with Crippen molar-refractivity contribution in [2.45, 2.75) is 38.8 Å². The maximum absolute atomic E-state index is 12.4. The van der Waals surface area contributed by atoms with E-state index < -0.39 is 12.1 Å². The minimum Gasteiger partial charge on any atom is -0.361 e. The molecule has 0 spiro atoms. The van der Waals surface area contributed by atoms with E-state index in [1.54, 1.807) is 0 Å². The van der Waals surface area contributed by atoms with E-state index >= 15 is 0 Å². The smallest absolute Gasteiger partial charge is 0.324 e. The second-order valence-corrected chi connectivity index (χ2v) is 6.53. The zero-order chi connectivity index (χ0) is 18.0. The van der Waals surface area contributed by atoms with Crippen LogP contribution in [0.1, 0.15) is 25.8 Å². The van der Waals surface area contributed by atoms with Crippen LogP contribution in [0.3, 0.4) is 0 Å². The van der Waals surface area contributed by atoms with E-state index in [4.69, 9.17) is 0 Å². The van der Waals surface area contributed by atoms with Crippen molar-refractivity contribution < 1.29 is 14.4 Å². The van der Waals surface area contributed by atoms with E-state index in [-0.39, 0.29) is 30.8 Å². The van der Waals surface area contributed by atoms with Crippen molar-refractivity contribution in [1.29, 1.82) is 0 Å². The fraction of sp³-hybridized carbons (Fsp3) is 0.389. The first kappa shape index (κ1) is 17.0. The van der Waals surface area contributed by atoms with Crippen LogP contribution >= 0.6 is 0 Å². The van der Waals surface area contributed by atoms with Gasteiger partial charge >= 0.3 is 6.03 Å². The number of aromatic amines is 1. The molecule has 132 valence electrons. The van der Waals surface area contributed by atoms with Crippen molar-refractivity contribution in [2.75, 3.05) is 6.54 Å². The maximum Gasteiger partial charge on any atom is 0.324 e. The number of nitrogens with zero attached hydrogens (tertiary/aromatic N) is 1. The van der Waals surface area contributed by atoms with Gasteiger partial charge in [0.2, 0.25) is 5.91 Å². The molecule has 1 saturated heterocycles. The minimum atomic E-state index is -0.783. The molecule has 3 N–H and O–H groups in total. The number of urea groups is 1. The molecule has 1 fully saturated rings. The van der Waals surface area contributed by atoms with Gasteiger partial charge in [0, 0.05) is 29.7 Å². The SMILES string of the molecule is CC(C)NC(=O)CC1NC(=O)N(CCc2c[nH]c3ccccc23)C1=O. The molecule has 0 aliphatic carbocycles.